The predicted molar refractivity (Wildman–Crippen MR) is 150 cm³/mol. The third-order valence-corrected chi connectivity index (χ3v) is 6.84. The minimum atomic E-state index is -1.12. The summed E-state index contributed by atoms with van der Waals surface area (Å²) in [6, 6.07) is 13.2. The molecule has 10 heteroatoms. The highest BCUT2D eigenvalue weighted by Crippen LogP contribution is 2.44. The van der Waals surface area contributed by atoms with Crippen LogP contribution in [-0.2, 0) is 21.5 Å². The van der Waals surface area contributed by atoms with E-state index in [4.69, 9.17) is 16.9 Å². The summed E-state index contributed by atoms with van der Waals surface area (Å²) >= 11 is 0. The molecule has 0 aliphatic carbocycles. The quantitative estimate of drug-likeness (QED) is 0.135. The number of rotatable bonds is 8. The van der Waals surface area contributed by atoms with Gasteiger partial charge in [-0.05, 0) is 67.4 Å². The first kappa shape index (κ1) is 27.2. The molecule has 2 amide bonds. The summed E-state index contributed by atoms with van der Waals surface area (Å²) < 4.78 is 0. The van der Waals surface area contributed by atoms with Gasteiger partial charge in [0.1, 0.15) is 23.2 Å². The van der Waals surface area contributed by atoms with Gasteiger partial charge in [-0.15, -0.1) is 0 Å². The van der Waals surface area contributed by atoms with Gasteiger partial charge in [0.05, 0.1) is 22.0 Å². The van der Waals surface area contributed by atoms with Gasteiger partial charge in [-0.3, -0.25) is 15.0 Å². The summed E-state index contributed by atoms with van der Waals surface area (Å²) in [6.45, 7) is 7.16. The normalized spacial score (nSPS) is 11.6. The van der Waals surface area contributed by atoms with E-state index < -0.39 is 11.3 Å². The first-order valence-corrected chi connectivity index (χ1v) is 12.4. The van der Waals surface area contributed by atoms with E-state index in [0.717, 1.165) is 0 Å². The van der Waals surface area contributed by atoms with Crippen molar-refractivity contribution in [2.24, 2.45) is 17.4 Å². The topological polar surface area (TPSA) is 191 Å². The Morgan fingerprint density at radius 2 is 1.72 bits per heavy atom. The van der Waals surface area contributed by atoms with Gasteiger partial charge in [-0.2, -0.15) is 0 Å². The van der Waals surface area contributed by atoms with E-state index in [1.165, 1.54) is 6.07 Å². The molecule has 0 bridgehead atoms. The highest BCUT2D eigenvalue weighted by molar-refractivity contribution is 5.98. The molecule has 4 rings (SSSR count). The number of nitrogens with zero attached hydrogens (tertiary/aromatic N) is 1. The Morgan fingerprint density at radius 3 is 2.36 bits per heavy atom. The van der Waals surface area contributed by atoms with E-state index in [0.29, 0.717) is 39.1 Å². The molecule has 4 aromatic rings. The number of hydrogen-bond acceptors (Lipinski definition) is 6. The second-order valence-electron chi connectivity index (χ2n) is 10.4. The minimum Gasteiger partial charge on any atom is -0.507 e. The fraction of sp³-hybridized carbons (Fsp3) is 0.241. The van der Waals surface area contributed by atoms with Gasteiger partial charge in [-0.25, -0.2) is 4.98 Å². The van der Waals surface area contributed by atoms with Crippen LogP contribution in [0.15, 0.2) is 48.5 Å². The van der Waals surface area contributed by atoms with E-state index in [9.17, 15) is 19.8 Å². The predicted octanol–water partition coefficient (Wildman–Crippen LogP) is 3.63. The Balaban J connectivity index is 1.91. The number of nitrogens with two attached hydrogens (primary N) is 2. The Kier molecular flexibility index (Phi) is 7.06. The van der Waals surface area contributed by atoms with E-state index in [2.05, 4.69) is 15.3 Å². The number of aromatic amines is 1. The first-order chi connectivity index (χ1) is 18.3. The Morgan fingerprint density at radius 1 is 1.03 bits per heavy atom. The van der Waals surface area contributed by atoms with Crippen molar-refractivity contribution in [3.63, 3.8) is 0 Å². The number of hydrogen-bond donors (Lipinski definition) is 7. The number of nitrogens with one attached hydrogen (secondary N) is 3. The molecule has 0 radical (unpaired) electrons. The average molecular weight is 529 g/mol. The number of phenols is 2. The van der Waals surface area contributed by atoms with Crippen LogP contribution in [0.1, 0.15) is 44.4 Å². The fourth-order valence-electron chi connectivity index (χ4n) is 4.13. The lowest BCUT2D eigenvalue weighted by Crippen LogP contribution is -2.35. The molecule has 0 atom stereocenters. The Labute approximate surface area is 225 Å². The molecule has 0 aliphatic heterocycles. The number of imidazole rings is 1. The lowest BCUT2D eigenvalue weighted by Gasteiger charge is -2.24. The van der Waals surface area contributed by atoms with Crippen LogP contribution in [0.4, 0.5) is 0 Å². The van der Waals surface area contributed by atoms with E-state index in [1.54, 1.807) is 70.2 Å². The molecule has 0 saturated heterocycles. The summed E-state index contributed by atoms with van der Waals surface area (Å²) in [6.07, 6.45) is 0. The monoisotopic (exact) mass is 528 g/mol. The summed E-state index contributed by atoms with van der Waals surface area (Å²) in [7, 11) is 0. The number of carbonyl (C=O) groups is 2. The van der Waals surface area contributed by atoms with Crippen molar-refractivity contribution in [3.05, 3.63) is 65.2 Å². The zero-order valence-electron chi connectivity index (χ0n) is 22.2. The summed E-state index contributed by atoms with van der Waals surface area (Å²) in [5, 5.41) is 32.8. The molecule has 0 unspecified atom stereocenters. The Bertz CT molecular complexity index is 1620. The van der Waals surface area contributed by atoms with Crippen molar-refractivity contribution in [2.75, 3.05) is 0 Å². The molecule has 3 aromatic carbocycles. The lowest BCUT2D eigenvalue weighted by atomic mass is 9.81. The maximum atomic E-state index is 12.4. The zero-order chi connectivity index (χ0) is 28.6. The number of amides is 2. The smallest absolute Gasteiger partial charge is 0.227 e. The molecule has 0 aliphatic rings. The number of primary amides is 1. The van der Waals surface area contributed by atoms with Crippen LogP contribution < -0.4 is 16.8 Å². The molecule has 202 valence electrons. The number of phenolic OH excluding ortho intramolecular Hbond substituents is 2. The van der Waals surface area contributed by atoms with Crippen LogP contribution in [0, 0.1) is 11.3 Å². The van der Waals surface area contributed by atoms with E-state index >= 15 is 0 Å². The van der Waals surface area contributed by atoms with E-state index in [-0.39, 0.29) is 46.8 Å². The van der Waals surface area contributed by atoms with Crippen molar-refractivity contribution in [1.82, 2.24) is 15.3 Å². The van der Waals surface area contributed by atoms with Gasteiger partial charge in [0.2, 0.25) is 11.8 Å². The average Bonchev–Trinajstić information content (AvgIpc) is 3.31. The highest BCUT2D eigenvalue weighted by Gasteiger charge is 2.30. The number of aromatic nitrogens is 2. The van der Waals surface area contributed by atoms with Crippen LogP contribution in [0.25, 0.3) is 33.5 Å². The molecule has 0 fully saturated rings. The lowest BCUT2D eigenvalue weighted by molar-refractivity contribution is -0.124. The maximum absolute atomic E-state index is 12.4. The van der Waals surface area contributed by atoms with Crippen LogP contribution in [0.2, 0.25) is 0 Å². The van der Waals surface area contributed by atoms with Crippen LogP contribution in [0.5, 0.6) is 11.5 Å². The van der Waals surface area contributed by atoms with Crippen molar-refractivity contribution in [3.8, 4) is 34.0 Å². The zero-order valence-corrected chi connectivity index (χ0v) is 22.2. The van der Waals surface area contributed by atoms with Gasteiger partial charge in [0, 0.05) is 29.2 Å². The molecule has 1 aromatic heterocycles. The molecule has 0 spiro atoms. The summed E-state index contributed by atoms with van der Waals surface area (Å²) in [4.78, 5) is 32.2. The van der Waals surface area contributed by atoms with Crippen molar-refractivity contribution >= 4 is 28.7 Å². The molecule has 0 saturated carbocycles. The number of benzene rings is 3. The van der Waals surface area contributed by atoms with Crippen LogP contribution in [0.3, 0.4) is 0 Å². The molecular weight excluding hydrogens is 496 g/mol. The molecule has 9 N–H and O–H groups in total. The number of fused-ring (bicyclic) bond motifs is 1. The van der Waals surface area contributed by atoms with Crippen molar-refractivity contribution < 1.29 is 19.8 Å². The number of nitrogen functional groups attached to an aromatic ring is 1. The molecule has 1 heterocycles. The molecule has 39 heavy (non-hydrogen) atoms. The molecular formula is C29H32N6O4. The molecule has 10 nitrogen and oxygen atoms in total. The highest BCUT2D eigenvalue weighted by atomic mass is 16.3. The van der Waals surface area contributed by atoms with Crippen molar-refractivity contribution in [2.45, 2.75) is 39.7 Å². The fourth-order valence-corrected chi connectivity index (χ4v) is 4.13. The van der Waals surface area contributed by atoms with E-state index in [1.807, 2.05) is 0 Å². The third-order valence-electron chi connectivity index (χ3n) is 6.84. The van der Waals surface area contributed by atoms with Crippen LogP contribution >= 0.6 is 0 Å². The summed E-state index contributed by atoms with van der Waals surface area (Å²) in [5.41, 5.74) is 14.0. The second kappa shape index (κ2) is 10.1. The van der Waals surface area contributed by atoms with Gasteiger partial charge >= 0.3 is 0 Å². The van der Waals surface area contributed by atoms with Gasteiger partial charge < -0.3 is 32.0 Å². The number of aromatic hydroxyl groups is 2. The SMILES string of the molecule is CC(C)C(=O)NCc1ccc(O)c(-c2cc(C(C)(C)C(N)=O)cc(-c3nc4ccc(C(=N)N)cc4[nH]3)c2O)c1. The largest absolute Gasteiger partial charge is 0.507 e. The Hall–Kier alpha value is -4.86. The first-order valence-electron chi connectivity index (χ1n) is 12.4. The van der Waals surface area contributed by atoms with Crippen LogP contribution in [-0.4, -0.2) is 37.8 Å². The standard InChI is InChI=1S/C29H32N6O4/c1-14(2)27(38)33-13-15-5-8-23(36)18(9-15)19-11-17(29(3,4)28(32)39)12-20(24(19)37)26-34-21-7-6-16(25(30)31)10-22(21)35-26/h5-12,14,36-37H,13H2,1-4H3,(H3,30,31)(H2,32,39)(H,33,38)(H,34,35). The van der Waals surface area contributed by atoms with Gasteiger partial charge in [0.25, 0.3) is 0 Å². The van der Waals surface area contributed by atoms with Gasteiger partial charge in [-0.1, -0.05) is 19.9 Å². The second-order valence-corrected chi connectivity index (χ2v) is 10.4. The van der Waals surface area contributed by atoms with Gasteiger partial charge in [0.15, 0.2) is 0 Å². The number of amidine groups is 1. The third kappa shape index (κ3) is 5.26. The minimum absolute atomic E-state index is 0.0941. The van der Waals surface area contributed by atoms with Crippen molar-refractivity contribution in [1.29, 1.82) is 5.41 Å². The number of carbonyl (C=O) groups excluding carboxylic acids is 2. The maximum Gasteiger partial charge on any atom is 0.227 e. The number of H-pyrrole nitrogens is 1. The summed E-state index contributed by atoms with van der Waals surface area (Å²) in [5.74, 6) is -0.928.